The molecule has 0 saturated heterocycles. The first-order valence-electron chi connectivity index (χ1n) is 7.80. The molecule has 4 aromatic rings. The Bertz CT molecular complexity index is 1210. The third-order valence-corrected chi connectivity index (χ3v) is 4.18. The third-order valence-electron chi connectivity index (χ3n) is 3.86. The lowest BCUT2D eigenvalue weighted by Gasteiger charge is -2.06. The minimum atomic E-state index is -0.608. The molecular formula is C17H12ClN5O3. The highest BCUT2D eigenvalue weighted by atomic mass is 35.5. The van der Waals surface area contributed by atoms with Gasteiger partial charge in [-0.05, 0) is 31.2 Å². The van der Waals surface area contributed by atoms with Crippen LogP contribution in [0.5, 0.6) is 0 Å². The van der Waals surface area contributed by atoms with E-state index in [1.807, 2.05) is 0 Å². The third kappa shape index (κ3) is 2.34. The molecule has 0 aliphatic carbocycles. The van der Waals surface area contributed by atoms with E-state index in [2.05, 4.69) is 15.3 Å². The topological polar surface area (TPSA) is 91.4 Å². The van der Waals surface area contributed by atoms with Gasteiger partial charge in [0.25, 0.3) is 0 Å². The number of nitrogens with zero attached hydrogens (tertiary/aromatic N) is 5. The van der Waals surface area contributed by atoms with Crippen LogP contribution in [0.25, 0.3) is 22.4 Å². The van der Waals surface area contributed by atoms with Gasteiger partial charge in [0.2, 0.25) is 0 Å². The van der Waals surface area contributed by atoms with Crippen LogP contribution in [0.1, 0.15) is 17.3 Å². The van der Waals surface area contributed by atoms with Crippen LogP contribution in [0.15, 0.2) is 47.4 Å². The maximum absolute atomic E-state index is 13.1. The zero-order chi connectivity index (χ0) is 18.3. The van der Waals surface area contributed by atoms with Gasteiger partial charge < -0.3 is 4.74 Å². The zero-order valence-electron chi connectivity index (χ0n) is 13.6. The molecule has 0 atom stereocenters. The largest absolute Gasteiger partial charge is 0.462 e. The molecule has 0 amide bonds. The van der Waals surface area contributed by atoms with Gasteiger partial charge in [-0.25, -0.2) is 14.0 Å². The predicted molar refractivity (Wildman–Crippen MR) is 94.9 cm³/mol. The molecule has 0 unspecified atom stereocenters. The maximum atomic E-state index is 13.1. The van der Waals surface area contributed by atoms with Crippen molar-refractivity contribution < 1.29 is 9.53 Å². The van der Waals surface area contributed by atoms with Gasteiger partial charge in [0.15, 0.2) is 5.65 Å². The van der Waals surface area contributed by atoms with Crippen molar-refractivity contribution in [1.29, 1.82) is 0 Å². The van der Waals surface area contributed by atoms with E-state index in [1.54, 1.807) is 43.3 Å². The van der Waals surface area contributed by atoms with Crippen LogP contribution in [0, 0.1) is 0 Å². The van der Waals surface area contributed by atoms with Crippen LogP contribution in [0.2, 0.25) is 5.02 Å². The summed E-state index contributed by atoms with van der Waals surface area (Å²) >= 11 is 6.17. The van der Waals surface area contributed by atoms with Gasteiger partial charge in [0.05, 0.1) is 22.8 Å². The number of rotatable bonds is 3. The van der Waals surface area contributed by atoms with Gasteiger partial charge in [0, 0.05) is 6.20 Å². The number of pyridine rings is 1. The number of aromatic nitrogens is 5. The Labute approximate surface area is 151 Å². The van der Waals surface area contributed by atoms with E-state index in [4.69, 9.17) is 16.3 Å². The van der Waals surface area contributed by atoms with Crippen LogP contribution < -0.4 is 5.69 Å². The summed E-state index contributed by atoms with van der Waals surface area (Å²) in [6, 6.07) is 10.1. The van der Waals surface area contributed by atoms with Crippen LogP contribution in [0.4, 0.5) is 0 Å². The van der Waals surface area contributed by atoms with Crippen molar-refractivity contribution >= 4 is 34.3 Å². The van der Waals surface area contributed by atoms with Gasteiger partial charge in [-0.1, -0.05) is 28.9 Å². The average Bonchev–Trinajstić information content (AvgIpc) is 2.98. The number of carbonyl (C=O) groups excluding carboxylic acids is 1. The SMILES string of the molecule is CCOC(=O)c1c2ncccc2n2c(=O)n(-c3ccccc3Cl)nnc12. The summed E-state index contributed by atoms with van der Waals surface area (Å²) in [6.07, 6.45) is 1.53. The summed E-state index contributed by atoms with van der Waals surface area (Å²) < 4.78 is 7.45. The van der Waals surface area contributed by atoms with Crippen molar-refractivity contribution in [3.8, 4) is 5.69 Å². The van der Waals surface area contributed by atoms with Gasteiger partial charge in [-0.3, -0.25) is 4.98 Å². The second-order valence-corrected chi connectivity index (χ2v) is 5.77. The number of para-hydroxylation sites is 1. The summed E-state index contributed by atoms with van der Waals surface area (Å²) in [6.45, 7) is 1.89. The summed E-state index contributed by atoms with van der Waals surface area (Å²) in [5.74, 6) is -0.608. The summed E-state index contributed by atoms with van der Waals surface area (Å²) in [5, 5.41) is 8.38. The molecule has 26 heavy (non-hydrogen) atoms. The van der Waals surface area contributed by atoms with Gasteiger partial charge in [0.1, 0.15) is 11.1 Å². The van der Waals surface area contributed by atoms with Crippen molar-refractivity contribution in [3.63, 3.8) is 0 Å². The monoisotopic (exact) mass is 369 g/mol. The summed E-state index contributed by atoms with van der Waals surface area (Å²) in [4.78, 5) is 29.7. The van der Waals surface area contributed by atoms with Gasteiger partial charge in [-0.2, -0.15) is 4.68 Å². The average molecular weight is 370 g/mol. The second kappa shape index (κ2) is 6.23. The Kier molecular flexibility index (Phi) is 3.89. The molecule has 0 aliphatic rings. The Morgan fingerprint density at radius 1 is 1.23 bits per heavy atom. The van der Waals surface area contributed by atoms with Crippen molar-refractivity contribution in [2.24, 2.45) is 0 Å². The molecule has 0 radical (unpaired) electrons. The van der Waals surface area contributed by atoms with E-state index < -0.39 is 11.7 Å². The lowest BCUT2D eigenvalue weighted by atomic mass is 10.2. The van der Waals surface area contributed by atoms with E-state index in [0.29, 0.717) is 21.7 Å². The van der Waals surface area contributed by atoms with E-state index in [0.717, 1.165) is 4.68 Å². The highest BCUT2D eigenvalue weighted by Gasteiger charge is 2.24. The normalized spacial score (nSPS) is 11.2. The first kappa shape index (κ1) is 16.2. The molecule has 3 heterocycles. The molecule has 8 nitrogen and oxygen atoms in total. The van der Waals surface area contributed by atoms with Gasteiger partial charge in [-0.15, -0.1) is 5.10 Å². The molecule has 0 bridgehead atoms. The molecule has 0 spiro atoms. The Morgan fingerprint density at radius 2 is 2.04 bits per heavy atom. The highest BCUT2D eigenvalue weighted by molar-refractivity contribution is 6.32. The fourth-order valence-electron chi connectivity index (χ4n) is 2.78. The molecule has 0 N–H and O–H groups in total. The number of halogens is 1. The summed E-state index contributed by atoms with van der Waals surface area (Å²) in [7, 11) is 0. The molecule has 0 saturated carbocycles. The Balaban J connectivity index is 2.11. The first-order chi connectivity index (χ1) is 12.6. The minimum absolute atomic E-state index is 0.0884. The van der Waals surface area contributed by atoms with Crippen LogP contribution >= 0.6 is 11.6 Å². The number of carbonyl (C=O) groups is 1. The highest BCUT2D eigenvalue weighted by Crippen LogP contribution is 2.23. The molecule has 0 fully saturated rings. The van der Waals surface area contributed by atoms with E-state index >= 15 is 0 Å². The molecule has 3 aromatic heterocycles. The maximum Gasteiger partial charge on any atom is 0.357 e. The van der Waals surface area contributed by atoms with E-state index in [9.17, 15) is 9.59 Å². The van der Waals surface area contributed by atoms with Crippen LogP contribution in [-0.4, -0.2) is 37.0 Å². The molecule has 4 rings (SSSR count). The molecule has 9 heteroatoms. The predicted octanol–water partition coefficient (Wildman–Crippen LogP) is 2.26. The molecule has 130 valence electrons. The smallest absolute Gasteiger partial charge is 0.357 e. The number of hydrogen-bond donors (Lipinski definition) is 0. The van der Waals surface area contributed by atoms with Crippen molar-refractivity contribution in [1.82, 2.24) is 24.4 Å². The second-order valence-electron chi connectivity index (χ2n) is 5.36. The molecular weight excluding hydrogens is 358 g/mol. The fraction of sp³-hybridized carbons (Fsp3) is 0.118. The lowest BCUT2D eigenvalue weighted by molar-refractivity contribution is 0.0530. The van der Waals surface area contributed by atoms with Crippen molar-refractivity contribution in [2.45, 2.75) is 6.92 Å². The van der Waals surface area contributed by atoms with E-state index in [1.165, 1.54) is 10.6 Å². The van der Waals surface area contributed by atoms with Crippen molar-refractivity contribution in [2.75, 3.05) is 6.61 Å². The lowest BCUT2D eigenvalue weighted by Crippen LogP contribution is -2.29. The quantitative estimate of drug-likeness (QED) is 0.514. The van der Waals surface area contributed by atoms with Crippen molar-refractivity contribution in [3.05, 3.63) is 63.7 Å². The summed E-state index contributed by atoms with van der Waals surface area (Å²) in [5.41, 5.74) is 0.831. The Hall–Kier alpha value is -3.26. The van der Waals surface area contributed by atoms with Gasteiger partial charge >= 0.3 is 11.7 Å². The number of ether oxygens (including phenoxy) is 1. The molecule has 1 aromatic carbocycles. The number of hydrogen-bond acceptors (Lipinski definition) is 6. The van der Waals surface area contributed by atoms with Crippen LogP contribution in [-0.2, 0) is 4.74 Å². The first-order valence-corrected chi connectivity index (χ1v) is 8.18. The van der Waals surface area contributed by atoms with E-state index in [-0.39, 0.29) is 17.8 Å². The standard InChI is InChI=1S/C17H12ClN5O3/c1-2-26-16(24)13-14-12(8-5-9-19-14)22-15(13)20-21-23(17(22)25)11-7-4-3-6-10(11)18/h3-9H,2H2,1H3. The Morgan fingerprint density at radius 3 is 2.81 bits per heavy atom. The minimum Gasteiger partial charge on any atom is -0.462 e. The number of benzene rings is 1. The fourth-order valence-corrected chi connectivity index (χ4v) is 2.99. The number of esters is 1. The zero-order valence-corrected chi connectivity index (χ0v) is 14.3. The van der Waals surface area contributed by atoms with Crippen LogP contribution in [0.3, 0.4) is 0 Å². The number of fused-ring (bicyclic) bond motifs is 3. The molecule has 0 aliphatic heterocycles.